The highest BCUT2D eigenvalue weighted by Gasteiger charge is 2.23. The van der Waals surface area contributed by atoms with E-state index in [1.807, 2.05) is 12.1 Å². The Morgan fingerprint density at radius 2 is 2.10 bits per heavy atom. The van der Waals surface area contributed by atoms with Crippen LogP contribution in [0.3, 0.4) is 0 Å². The molecule has 1 unspecified atom stereocenters. The molecule has 0 saturated carbocycles. The first-order valence-corrected chi connectivity index (χ1v) is 11.3. The van der Waals surface area contributed by atoms with Gasteiger partial charge in [-0.1, -0.05) is 6.92 Å². The summed E-state index contributed by atoms with van der Waals surface area (Å²) in [6, 6.07) is 3.77. The number of hydrogen-bond acceptors (Lipinski definition) is 7. The zero-order chi connectivity index (χ0) is 20.5. The Bertz CT molecular complexity index is 1060. The molecule has 2 aliphatic rings. The topological polar surface area (TPSA) is 83.9 Å². The number of carbonyl (C=O) groups is 1. The number of amides is 1. The predicted octanol–water partition coefficient (Wildman–Crippen LogP) is 3.97. The zero-order valence-electron chi connectivity index (χ0n) is 17.0. The minimum atomic E-state index is -0.235. The third-order valence-electron chi connectivity index (χ3n) is 5.75. The van der Waals surface area contributed by atoms with Crippen molar-refractivity contribution in [3.63, 3.8) is 0 Å². The summed E-state index contributed by atoms with van der Waals surface area (Å²) in [6.45, 7) is 4.16. The third kappa shape index (κ3) is 3.79. The molecule has 1 fully saturated rings. The van der Waals surface area contributed by atoms with Gasteiger partial charge in [0.15, 0.2) is 5.13 Å². The quantitative estimate of drug-likeness (QED) is 0.687. The van der Waals surface area contributed by atoms with Crippen molar-refractivity contribution in [3.8, 4) is 11.3 Å². The molecule has 8 heteroatoms. The van der Waals surface area contributed by atoms with E-state index in [1.54, 1.807) is 29.9 Å². The van der Waals surface area contributed by atoms with E-state index in [1.165, 1.54) is 4.88 Å². The smallest absolute Gasteiger partial charge is 0.261 e. The highest BCUT2D eigenvalue weighted by Crippen LogP contribution is 2.33. The van der Waals surface area contributed by atoms with Gasteiger partial charge in [-0.05, 0) is 50.2 Å². The van der Waals surface area contributed by atoms with Crippen LogP contribution in [0.1, 0.15) is 47.1 Å². The van der Waals surface area contributed by atoms with Crippen LogP contribution in [0.2, 0.25) is 0 Å². The first-order valence-electron chi connectivity index (χ1n) is 10.5. The molecule has 7 nitrogen and oxygen atoms in total. The Kier molecular flexibility index (Phi) is 5.16. The van der Waals surface area contributed by atoms with Crippen LogP contribution >= 0.6 is 11.3 Å². The Morgan fingerprint density at radius 3 is 2.90 bits per heavy atom. The van der Waals surface area contributed by atoms with E-state index in [-0.39, 0.29) is 5.91 Å². The van der Waals surface area contributed by atoms with Gasteiger partial charge in [-0.15, -0.1) is 11.3 Å². The van der Waals surface area contributed by atoms with Gasteiger partial charge in [0, 0.05) is 42.1 Å². The van der Waals surface area contributed by atoms with Gasteiger partial charge >= 0.3 is 0 Å². The van der Waals surface area contributed by atoms with E-state index in [0.717, 1.165) is 56.5 Å². The second-order valence-corrected chi connectivity index (χ2v) is 9.14. The van der Waals surface area contributed by atoms with Gasteiger partial charge in [-0.2, -0.15) is 0 Å². The van der Waals surface area contributed by atoms with Crippen LogP contribution in [-0.2, 0) is 12.8 Å². The maximum Gasteiger partial charge on any atom is 0.261 e. The summed E-state index contributed by atoms with van der Waals surface area (Å²) in [6.07, 6.45) is 10.5. The summed E-state index contributed by atoms with van der Waals surface area (Å²) in [5.74, 6) is 1.10. The number of fused-ring (bicyclic) bond motifs is 1. The second-order valence-electron chi connectivity index (χ2n) is 8.06. The predicted molar refractivity (Wildman–Crippen MR) is 118 cm³/mol. The van der Waals surface area contributed by atoms with E-state index in [2.05, 4.69) is 32.1 Å². The molecule has 5 rings (SSSR count). The van der Waals surface area contributed by atoms with Gasteiger partial charge in [0.1, 0.15) is 0 Å². The monoisotopic (exact) mass is 420 g/mol. The van der Waals surface area contributed by atoms with Gasteiger partial charge < -0.3 is 4.90 Å². The van der Waals surface area contributed by atoms with Crippen molar-refractivity contribution >= 4 is 28.3 Å². The Morgan fingerprint density at radius 1 is 1.23 bits per heavy atom. The van der Waals surface area contributed by atoms with E-state index in [9.17, 15) is 4.79 Å². The highest BCUT2D eigenvalue weighted by atomic mass is 32.1. The largest absolute Gasteiger partial charge is 0.341 e. The van der Waals surface area contributed by atoms with Crippen LogP contribution < -0.4 is 10.2 Å². The SMILES string of the molecule is CC1CCc2nc(NC(=O)c3cnc(N4CCCC4)nc3-c3cccnc3)sc2C1. The molecule has 3 aromatic heterocycles. The van der Waals surface area contributed by atoms with Crippen LogP contribution in [0, 0.1) is 5.92 Å². The Labute approximate surface area is 179 Å². The fraction of sp³-hybridized carbons (Fsp3) is 0.409. The van der Waals surface area contributed by atoms with Gasteiger partial charge in [-0.3, -0.25) is 15.1 Å². The van der Waals surface area contributed by atoms with Gasteiger partial charge in [0.05, 0.1) is 17.0 Å². The molecule has 3 aromatic rings. The molecule has 0 radical (unpaired) electrons. The van der Waals surface area contributed by atoms with Gasteiger partial charge in [0.2, 0.25) is 5.95 Å². The van der Waals surface area contributed by atoms with Crippen LogP contribution in [-0.4, -0.2) is 38.9 Å². The molecule has 0 bridgehead atoms. The fourth-order valence-corrected chi connectivity index (χ4v) is 5.26. The Hall–Kier alpha value is -2.87. The molecule has 1 amide bonds. The van der Waals surface area contributed by atoms with Crippen LogP contribution in [0.25, 0.3) is 11.3 Å². The summed E-state index contributed by atoms with van der Waals surface area (Å²) in [5.41, 5.74) is 2.97. The average Bonchev–Trinajstić information content (AvgIpc) is 3.43. The standard InChI is InChI=1S/C22H24N6OS/c1-14-6-7-17-18(11-14)30-22(25-17)27-20(29)16-13-24-21(28-9-2-3-10-28)26-19(16)15-5-4-8-23-12-15/h4-5,8,12-14H,2-3,6-7,9-11H2,1H3,(H,25,27,29). The van der Waals surface area contributed by atoms with Crippen LogP contribution in [0.4, 0.5) is 11.1 Å². The van der Waals surface area contributed by atoms with Crippen molar-refractivity contribution in [3.05, 3.63) is 46.9 Å². The molecule has 0 spiro atoms. The lowest BCUT2D eigenvalue weighted by molar-refractivity contribution is 0.102. The molecule has 1 N–H and O–H groups in total. The fourth-order valence-electron chi connectivity index (χ4n) is 4.09. The molecule has 1 aliphatic heterocycles. The summed E-state index contributed by atoms with van der Waals surface area (Å²) in [5, 5.41) is 3.64. The van der Waals surface area contributed by atoms with Gasteiger partial charge in [0.25, 0.3) is 5.91 Å². The van der Waals surface area contributed by atoms with E-state index < -0.39 is 0 Å². The lowest BCUT2D eigenvalue weighted by Crippen LogP contribution is -2.22. The summed E-state index contributed by atoms with van der Waals surface area (Å²) in [7, 11) is 0. The minimum absolute atomic E-state index is 0.235. The average molecular weight is 421 g/mol. The second kappa shape index (κ2) is 8.10. The van der Waals surface area contributed by atoms with Crippen molar-refractivity contribution in [1.29, 1.82) is 0 Å². The zero-order valence-corrected chi connectivity index (χ0v) is 17.8. The molecule has 30 heavy (non-hydrogen) atoms. The number of pyridine rings is 1. The number of nitrogens with zero attached hydrogens (tertiary/aromatic N) is 5. The number of aryl methyl sites for hydroxylation is 1. The van der Waals surface area contributed by atoms with Crippen molar-refractivity contribution < 1.29 is 4.79 Å². The van der Waals surface area contributed by atoms with Crippen molar-refractivity contribution in [1.82, 2.24) is 19.9 Å². The van der Waals surface area contributed by atoms with Crippen LogP contribution in [0.15, 0.2) is 30.7 Å². The minimum Gasteiger partial charge on any atom is -0.341 e. The number of hydrogen-bond donors (Lipinski definition) is 1. The van der Waals surface area contributed by atoms with Crippen LogP contribution in [0.5, 0.6) is 0 Å². The number of anilines is 2. The van der Waals surface area contributed by atoms with Gasteiger partial charge in [-0.25, -0.2) is 15.0 Å². The molecular weight excluding hydrogens is 396 g/mol. The maximum atomic E-state index is 13.2. The number of nitrogens with one attached hydrogen (secondary N) is 1. The van der Waals surface area contributed by atoms with Crippen molar-refractivity contribution in [2.75, 3.05) is 23.3 Å². The Balaban J connectivity index is 1.46. The maximum absolute atomic E-state index is 13.2. The van der Waals surface area contributed by atoms with E-state index in [0.29, 0.717) is 28.3 Å². The number of thiazole rings is 1. The first-order chi connectivity index (χ1) is 14.7. The normalized spacial score (nSPS) is 18.3. The lowest BCUT2D eigenvalue weighted by Gasteiger charge is -2.17. The summed E-state index contributed by atoms with van der Waals surface area (Å²) >= 11 is 1.58. The number of rotatable bonds is 4. The van der Waals surface area contributed by atoms with E-state index >= 15 is 0 Å². The lowest BCUT2D eigenvalue weighted by atomic mass is 9.93. The third-order valence-corrected chi connectivity index (χ3v) is 6.79. The molecule has 1 atom stereocenters. The number of aromatic nitrogens is 4. The molecular formula is C22H24N6OS. The molecule has 154 valence electrons. The highest BCUT2D eigenvalue weighted by molar-refractivity contribution is 7.15. The first kappa shape index (κ1) is 19.1. The van der Waals surface area contributed by atoms with Crippen molar-refractivity contribution in [2.45, 2.75) is 39.0 Å². The molecule has 0 aromatic carbocycles. The van der Waals surface area contributed by atoms with Crippen molar-refractivity contribution in [2.24, 2.45) is 5.92 Å². The molecule has 1 saturated heterocycles. The molecule has 1 aliphatic carbocycles. The summed E-state index contributed by atoms with van der Waals surface area (Å²) < 4.78 is 0. The molecule has 4 heterocycles. The van der Waals surface area contributed by atoms with E-state index in [4.69, 9.17) is 4.98 Å². The summed E-state index contributed by atoms with van der Waals surface area (Å²) in [4.78, 5) is 34.7. The number of carbonyl (C=O) groups excluding carboxylic acids is 1.